The van der Waals surface area contributed by atoms with Gasteiger partial charge in [-0.05, 0) is 31.6 Å². The van der Waals surface area contributed by atoms with Crippen molar-refractivity contribution >= 4 is 11.6 Å². The summed E-state index contributed by atoms with van der Waals surface area (Å²) in [5.74, 6) is 2.51. The Morgan fingerprint density at radius 3 is 2.72 bits per heavy atom. The van der Waals surface area contributed by atoms with Crippen LogP contribution in [0.15, 0.2) is 6.07 Å². The van der Waals surface area contributed by atoms with Gasteiger partial charge in [0, 0.05) is 25.2 Å². The number of halogens is 1. The zero-order valence-electron chi connectivity index (χ0n) is 10.3. The molecule has 0 bridgehead atoms. The van der Waals surface area contributed by atoms with Gasteiger partial charge in [-0.15, -0.1) is 0 Å². The van der Waals surface area contributed by atoms with Gasteiger partial charge in [0.2, 0.25) is 5.88 Å². The maximum atomic E-state index is 5.99. The van der Waals surface area contributed by atoms with Crippen LogP contribution in [-0.4, -0.2) is 29.8 Å². The molecule has 1 aliphatic heterocycles. The highest BCUT2D eigenvalue weighted by atomic mass is 35.5. The van der Waals surface area contributed by atoms with Crippen LogP contribution in [0.4, 0.5) is 0 Å². The van der Waals surface area contributed by atoms with Gasteiger partial charge in [0.15, 0.2) is 0 Å². The Bertz CT molecular complexity index is 417. The molecule has 5 heteroatoms. The van der Waals surface area contributed by atoms with E-state index in [9.17, 15) is 0 Å². The van der Waals surface area contributed by atoms with Gasteiger partial charge in [-0.1, -0.05) is 11.6 Å². The van der Waals surface area contributed by atoms with Crippen LogP contribution in [0, 0.1) is 5.92 Å². The molecule has 0 aromatic carbocycles. The molecule has 2 heterocycles. The summed E-state index contributed by atoms with van der Waals surface area (Å²) < 4.78 is 11.1. The Morgan fingerprint density at radius 1 is 1.22 bits per heavy atom. The van der Waals surface area contributed by atoms with Crippen LogP contribution in [0.2, 0.25) is 5.15 Å². The fraction of sp³-hybridized carbons (Fsp3) is 0.692. The second-order valence-electron chi connectivity index (χ2n) is 5.03. The van der Waals surface area contributed by atoms with E-state index in [2.05, 4.69) is 9.97 Å². The fourth-order valence-electron chi connectivity index (χ4n) is 2.13. The van der Waals surface area contributed by atoms with E-state index in [0.29, 0.717) is 29.5 Å². The van der Waals surface area contributed by atoms with Gasteiger partial charge in [-0.2, -0.15) is 4.98 Å². The Balaban J connectivity index is 1.60. The lowest BCUT2D eigenvalue weighted by atomic mass is 10.0. The van der Waals surface area contributed by atoms with E-state index in [1.807, 2.05) is 0 Å². The smallest absolute Gasteiger partial charge is 0.218 e. The predicted octanol–water partition coefficient (Wildman–Crippen LogP) is 2.81. The number of hydrogen-bond donors (Lipinski definition) is 0. The summed E-state index contributed by atoms with van der Waals surface area (Å²) in [5.41, 5.74) is 0. The third-order valence-electron chi connectivity index (χ3n) is 3.44. The molecule has 1 saturated heterocycles. The first-order chi connectivity index (χ1) is 8.81. The van der Waals surface area contributed by atoms with Crippen molar-refractivity contribution in [1.82, 2.24) is 9.97 Å². The lowest BCUT2D eigenvalue weighted by Gasteiger charge is -2.21. The first kappa shape index (κ1) is 12.2. The molecule has 0 amide bonds. The van der Waals surface area contributed by atoms with Crippen LogP contribution in [-0.2, 0) is 4.74 Å². The molecule has 1 saturated carbocycles. The van der Waals surface area contributed by atoms with Gasteiger partial charge < -0.3 is 9.47 Å². The standard InChI is InChI=1S/C13H17ClN2O2/c14-11-7-12(16-13(15-11)10-1-2-10)18-8-9-3-5-17-6-4-9/h7,9-10H,1-6,8H2. The highest BCUT2D eigenvalue weighted by Gasteiger charge is 2.27. The third kappa shape index (κ3) is 3.12. The minimum Gasteiger partial charge on any atom is -0.477 e. The summed E-state index contributed by atoms with van der Waals surface area (Å²) in [7, 11) is 0. The molecule has 0 unspecified atom stereocenters. The minimum atomic E-state index is 0.480. The van der Waals surface area contributed by atoms with E-state index in [1.165, 1.54) is 12.8 Å². The average molecular weight is 269 g/mol. The SMILES string of the molecule is Clc1cc(OCC2CCOCC2)nc(C2CC2)n1. The molecule has 98 valence electrons. The number of rotatable bonds is 4. The second-order valence-corrected chi connectivity index (χ2v) is 5.42. The lowest BCUT2D eigenvalue weighted by Crippen LogP contribution is -2.21. The van der Waals surface area contributed by atoms with Crippen molar-refractivity contribution in [3.05, 3.63) is 17.0 Å². The van der Waals surface area contributed by atoms with Crippen molar-refractivity contribution in [3.8, 4) is 5.88 Å². The Hall–Kier alpha value is -0.870. The van der Waals surface area contributed by atoms with Crippen LogP contribution < -0.4 is 4.74 Å². The monoisotopic (exact) mass is 268 g/mol. The quantitative estimate of drug-likeness (QED) is 0.788. The number of hydrogen-bond acceptors (Lipinski definition) is 4. The summed E-state index contributed by atoms with van der Waals surface area (Å²) in [4.78, 5) is 8.68. The van der Waals surface area contributed by atoms with Crippen molar-refractivity contribution in [1.29, 1.82) is 0 Å². The summed E-state index contributed by atoms with van der Waals surface area (Å²) in [5, 5.41) is 0.480. The fourth-order valence-corrected chi connectivity index (χ4v) is 2.31. The van der Waals surface area contributed by atoms with Gasteiger partial charge in [0.05, 0.1) is 6.61 Å². The van der Waals surface area contributed by atoms with Gasteiger partial charge in [-0.3, -0.25) is 0 Å². The highest BCUT2D eigenvalue weighted by molar-refractivity contribution is 6.29. The Labute approximate surface area is 112 Å². The van der Waals surface area contributed by atoms with E-state index < -0.39 is 0 Å². The summed E-state index contributed by atoms with van der Waals surface area (Å²) in [6, 6.07) is 1.70. The van der Waals surface area contributed by atoms with Gasteiger partial charge in [0.25, 0.3) is 0 Å². The van der Waals surface area contributed by atoms with Crippen LogP contribution in [0.1, 0.15) is 37.4 Å². The Morgan fingerprint density at radius 2 is 2.00 bits per heavy atom. The zero-order valence-corrected chi connectivity index (χ0v) is 11.0. The van der Waals surface area contributed by atoms with Gasteiger partial charge >= 0.3 is 0 Å². The van der Waals surface area contributed by atoms with Crippen molar-refractivity contribution < 1.29 is 9.47 Å². The minimum absolute atomic E-state index is 0.480. The Kier molecular flexibility index (Phi) is 3.66. The van der Waals surface area contributed by atoms with E-state index in [-0.39, 0.29) is 0 Å². The number of ether oxygens (including phenoxy) is 2. The molecule has 0 spiro atoms. The van der Waals surface area contributed by atoms with Crippen molar-refractivity contribution in [3.63, 3.8) is 0 Å². The molecular weight excluding hydrogens is 252 g/mol. The predicted molar refractivity (Wildman–Crippen MR) is 68.1 cm³/mol. The van der Waals surface area contributed by atoms with E-state index in [0.717, 1.165) is 31.9 Å². The third-order valence-corrected chi connectivity index (χ3v) is 3.63. The normalized spacial score (nSPS) is 20.9. The first-order valence-electron chi connectivity index (χ1n) is 6.56. The molecule has 2 aliphatic rings. The molecule has 1 aliphatic carbocycles. The maximum absolute atomic E-state index is 5.99. The molecule has 18 heavy (non-hydrogen) atoms. The number of nitrogens with zero attached hydrogens (tertiary/aromatic N) is 2. The maximum Gasteiger partial charge on any atom is 0.218 e. The van der Waals surface area contributed by atoms with Crippen LogP contribution >= 0.6 is 11.6 Å². The van der Waals surface area contributed by atoms with Crippen molar-refractivity contribution in [2.75, 3.05) is 19.8 Å². The molecule has 1 aromatic heterocycles. The second kappa shape index (κ2) is 5.41. The topological polar surface area (TPSA) is 44.2 Å². The van der Waals surface area contributed by atoms with E-state index >= 15 is 0 Å². The summed E-state index contributed by atoms with van der Waals surface area (Å²) >= 11 is 5.99. The molecule has 3 rings (SSSR count). The van der Waals surface area contributed by atoms with Gasteiger partial charge in [-0.25, -0.2) is 4.98 Å². The molecular formula is C13H17ClN2O2. The molecule has 0 atom stereocenters. The van der Waals surface area contributed by atoms with E-state index in [4.69, 9.17) is 21.1 Å². The summed E-state index contributed by atoms with van der Waals surface area (Å²) in [6.07, 6.45) is 4.46. The highest BCUT2D eigenvalue weighted by Crippen LogP contribution is 2.39. The van der Waals surface area contributed by atoms with Crippen molar-refractivity contribution in [2.45, 2.75) is 31.6 Å². The largest absolute Gasteiger partial charge is 0.477 e. The van der Waals surface area contributed by atoms with Crippen LogP contribution in [0.5, 0.6) is 5.88 Å². The molecule has 4 nitrogen and oxygen atoms in total. The lowest BCUT2D eigenvalue weighted by molar-refractivity contribution is 0.0490. The molecule has 1 aromatic rings. The van der Waals surface area contributed by atoms with Crippen molar-refractivity contribution in [2.24, 2.45) is 5.92 Å². The van der Waals surface area contributed by atoms with Crippen LogP contribution in [0.3, 0.4) is 0 Å². The molecule has 0 N–H and O–H groups in total. The molecule has 2 fully saturated rings. The van der Waals surface area contributed by atoms with E-state index in [1.54, 1.807) is 6.07 Å². The number of aromatic nitrogens is 2. The molecule has 0 radical (unpaired) electrons. The van der Waals surface area contributed by atoms with Gasteiger partial charge in [0.1, 0.15) is 11.0 Å². The summed E-state index contributed by atoms with van der Waals surface area (Å²) in [6.45, 7) is 2.37. The average Bonchev–Trinajstić information content (AvgIpc) is 3.21. The first-order valence-corrected chi connectivity index (χ1v) is 6.94. The van der Waals surface area contributed by atoms with Crippen LogP contribution in [0.25, 0.3) is 0 Å². The zero-order chi connectivity index (χ0) is 12.4.